The summed E-state index contributed by atoms with van der Waals surface area (Å²) in [6.45, 7) is 4.81. The number of nitrogens with zero attached hydrogens (tertiary/aromatic N) is 1. The molecule has 0 aliphatic heterocycles. The quantitative estimate of drug-likeness (QED) is 0.617. The number of hydrogen-bond acceptors (Lipinski definition) is 3. The van der Waals surface area contributed by atoms with Crippen LogP contribution >= 0.6 is 0 Å². The van der Waals surface area contributed by atoms with Crippen molar-refractivity contribution in [1.82, 2.24) is 4.90 Å². The van der Waals surface area contributed by atoms with Gasteiger partial charge in [-0.15, -0.1) is 0 Å². The van der Waals surface area contributed by atoms with Gasteiger partial charge < -0.3 is 15.4 Å². The lowest BCUT2D eigenvalue weighted by molar-refractivity contribution is 0.103. The number of rotatable bonds is 7. The minimum absolute atomic E-state index is 0.531. The van der Waals surface area contributed by atoms with Crippen molar-refractivity contribution in [3.63, 3.8) is 0 Å². The molecule has 1 unspecified atom stereocenters. The van der Waals surface area contributed by atoms with Gasteiger partial charge in [0.2, 0.25) is 0 Å². The van der Waals surface area contributed by atoms with Gasteiger partial charge in [0.05, 0.1) is 6.61 Å². The Morgan fingerprint density at radius 1 is 1.50 bits per heavy atom. The fourth-order valence-electron chi connectivity index (χ4n) is 1.24. The summed E-state index contributed by atoms with van der Waals surface area (Å²) in [6.07, 6.45) is 2.22. The Morgan fingerprint density at radius 3 is 2.58 bits per heavy atom. The molecule has 0 aliphatic rings. The van der Waals surface area contributed by atoms with Gasteiger partial charge in [0.25, 0.3) is 0 Å². The Morgan fingerprint density at radius 2 is 2.17 bits per heavy atom. The molecule has 12 heavy (non-hydrogen) atoms. The zero-order valence-electron chi connectivity index (χ0n) is 8.55. The standard InChI is InChI=1S/C9H22N2O/c1-4-11(2)9(8-12-3)6-5-7-10/h9H,4-8,10H2,1-3H3. The molecule has 0 aromatic rings. The summed E-state index contributed by atoms with van der Waals surface area (Å²) in [4.78, 5) is 2.30. The first kappa shape index (κ1) is 11.9. The van der Waals surface area contributed by atoms with Gasteiger partial charge in [-0.1, -0.05) is 6.92 Å². The zero-order valence-corrected chi connectivity index (χ0v) is 8.55. The number of nitrogens with two attached hydrogens (primary N) is 1. The molecule has 0 saturated carbocycles. The molecule has 0 aromatic carbocycles. The van der Waals surface area contributed by atoms with E-state index in [-0.39, 0.29) is 0 Å². The number of methoxy groups -OCH3 is 1. The third-order valence-corrected chi connectivity index (χ3v) is 2.22. The SMILES string of the molecule is CCN(C)C(CCCN)COC. The van der Waals surface area contributed by atoms with Gasteiger partial charge in [0.1, 0.15) is 0 Å². The first-order valence-electron chi connectivity index (χ1n) is 4.65. The minimum Gasteiger partial charge on any atom is -0.383 e. The molecule has 3 heteroatoms. The molecule has 3 nitrogen and oxygen atoms in total. The summed E-state index contributed by atoms with van der Waals surface area (Å²) in [5.41, 5.74) is 5.46. The maximum absolute atomic E-state index is 5.46. The van der Waals surface area contributed by atoms with Crippen LogP contribution in [0.2, 0.25) is 0 Å². The molecule has 0 radical (unpaired) electrons. The highest BCUT2D eigenvalue weighted by Gasteiger charge is 2.11. The van der Waals surface area contributed by atoms with Crippen LogP contribution in [0.15, 0.2) is 0 Å². The van der Waals surface area contributed by atoms with Crippen LogP contribution in [0.1, 0.15) is 19.8 Å². The molecule has 0 aliphatic carbocycles. The topological polar surface area (TPSA) is 38.5 Å². The van der Waals surface area contributed by atoms with E-state index in [1.165, 1.54) is 0 Å². The fourth-order valence-corrected chi connectivity index (χ4v) is 1.24. The van der Waals surface area contributed by atoms with Gasteiger partial charge in [0.15, 0.2) is 0 Å². The third kappa shape index (κ3) is 4.70. The highest BCUT2D eigenvalue weighted by Crippen LogP contribution is 2.04. The summed E-state index contributed by atoms with van der Waals surface area (Å²) in [5, 5.41) is 0. The normalized spacial score (nSPS) is 13.8. The Bertz CT molecular complexity index is 98.5. The lowest BCUT2D eigenvalue weighted by Gasteiger charge is -2.25. The third-order valence-electron chi connectivity index (χ3n) is 2.22. The second-order valence-corrected chi connectivity index (χ2v) is 3.11. The Hall–Kier alpha value is -0.120. The van der Waals surface area contributed by atoms with Crippen molar-refractivity contribution in [3.8, 4) is 0 Å². The van der Waals surface area contributed by atoms with Crippen molar-refractivity contribution >= 4 is 0 Å². The number of likely N-dealkylation sites (N-methyl/N-ethyl adjacent to an activating group) is 1. The highest BCUT2D eigenvalue weighted by atomic mass is 16.5. The van der Waals surface area contributed by atoms with Gasteiger partial charge in [-0.25, -0.2) is 0 Å². The Labute approximate surface area is 75.9 Å². The van der Waals surface area contributed by atoms with Gasteiger partial charge in [-0.05, 0) is 33.0 Å². The molecule has 0 heterocycles. The van der Waals surface area contributed by atoms with Crippen molar-refractivity contribution in [2.45, 2.75) is 25.8 Å². The predicted octanol–water partition coefficient (Wildman–Crippen LogP) is 0.692. The van der Waals surface area contributed by atoms with Crippen molar-refractivity contribution in [3.05, 3.63) is 0 Å². The maximum atomic E-state index is 5.46. The number of ether oxygens (including phenoxy) is 1. The van der Waals surface area contributed by atoms with E-state index in [2.05, 4.69) is 18.9 Å². The van der Waals surface area contributed by atoms with Crippen LogP contribution < -0.4 is 5.73 Å². The molecular weight excluding hydrogens is 152 g/mol. The predicted molar refractivity (Wildman–Crippen MR) is 52.3 cm³/mol. The first-order valence-corrected chi connectivity index (χ1v) is 4.65. The van der Waals surface area contributed by atoms with E-state index in [4.69, 9.17) is 10.5 Å². The van der Waals surface area contributed by atoms with Gasteiger partial charge >= 0.3 is 0 Å². The smallest absolute Gasteiger partial charge is 0.0617 e. The molecule has 0 fully saturated rings. The van der Waals surface area contributed by atoms with Crippen molar-refractivity contribution in [1.29, 1.82) is 0 Å². The molecule has 0 spiro atoms. The van der Waals surface area contributed by atoms with Crippen LogP contribution in [0.25, 0.3) is 0 Å². The molecule has 2 N–H and O–H groups in total. The van der Waals surface area contributed by atoms with E-state index in [1.54, 1.807) is 7.11 Å². The maximum Gasteiger partial charge on any atom is 0.0617 e. The van der Waals surface area contributed by atoms with E-state index in [0.717, 1.165) is 32.5 Å². The molecule has 0 bridgehead atoms. The molecule has 0 rings (SSSR count). The van der Waals surface area contributed by atoms with Crippen LogP contribution in [-0.4, -0.2) is 44.8 Å². The van der Waals surface area contributed by atoms with E-state index in [0.29, 0.717) is 6.04 Å². The minimum atomic E-state index is 0.531. The van der Waals surface area contributed by atoms with Crippen LogP contribution in [0, 0.1) is 0 Å². The van der Waals surface area contributed by atoms with Crippen molar-refractivity contribution in [2.75, 3.05) is 33.9 Å². The van der Waals surface area contributed by atoms with Crippen molar-refractivity contribution < 1.29 is 4.74 Å². The molecule has 0 amide bonds. The van der Waals surface area contributed by atoms with E-state index in [9.17, 15) is 0 Å². The first-order chi connectivity index (χ1) is 5.76. The van der Waals surface area contributed by atoms with E-state index < -0.39 is 0 Å². The van der Waals surface area contributed by atoms with Crippen molar-refractivity contribution in [2.24, 2.45) is 5.73 Å². The lowest BCUT2D eigenvalue weighted by atomic mass is 10.1. The number of hydrogen-bond donors (Lipinski definition) is 1. The Kier molecular flexibility index (Phi) is 7.45. The second-order valence-electron chi connectivity index (χ2n) is 3.11. The van der Waals surface area contributed by atoms with Gasteiger partial charge in [-0.3, -0.25) is 0 Å². The second kappa shape index (κ2) is 7.53. The summed E-state index contributed by atoms with van der Waals surface area (Å²) in [7, 11) is 3.87. The Balaban J connectivity index is 3.68. The largest absolute Gasteiger partial charge is 0.383 e. The summed E-state index contributed by atoms with van der Waals surface area (Å²) < 4.78 is 5.14. The summed E-state index contributed by atoms with van der Waals surface area (Å²) in [6, 6.07) is 0.531. The van der Waals surface area contributed by atoms with E-state index >= 15 is 0 Å². The average Bonchev–Trinajstić information content (AvgIpc) is 2.11. The van der Waals surface area contributed by atoms with Crippen LogP contribution in [0.4, 0.5) is 0 Å². The van der Waals surface area contributed by atoms with Gasteiger partial charge in [-0.2, -0.15) is 0 Å². The lowest BCUT2D eigenvalue weighted by Crippen LogP contribution is -2.35. The average molecular weight is 174 g/mol. The molecule has 74 valence electrons. The van der Waals surface area contributed by atoms with Crippen LogP contribution in [0.3, 0.4) is 0 Å². The molecule has 0 aromatic heterocycles. The summed E-state index contributed by atoms with van der Waals surface area (Å²) >= 11 is 0. The zero-order chi connectivity index (χ0) is 9.40. The van der Waals surface area contributed by atoms with Crippen LogP contribution in [-0.2, 0) is 4.74 Å². The monoisotopic (exact) mass is 174 g/mol. The molecule has 1 atom stereocenters. The van der Waals surface area contributed by atoms with E-state index in [1.807, 2.05) is 0 Å². The summed E-state index contributed by atoms with van der Waals surface area (Å²) in [5.74, 6) is 0. The fraction of sp³-hybridized carbons (Fsp3) is 1.00. The highest BCUT2D eigenvalue weighted by molar-refractivity contribution is 4.67. The van der Waals surface area contributed by atoms with Gasteiger partial charge in [0, 0.05) is 13.2 Å². The van der Waals surface area contributed by atoms with Crippen LogP contribution in [0.5, 0.6) is 0 Å². The molecular formula is C9H22N2O. The molecule has 0 saturated heterocycles.